The molecule has 7 aromatic carbocycles. The van der Waals surface area contributed by atoms with Crippen LogP contribution in [0.25, 0.3) is 76.9 Å². The van der Waals surface area contributed by atoms with E-state index in [1.165, 1.54) is 0 Å². The molecule has 1 heteroatoms. The molecule has 1 nitrogen and oxygen atoms in total. The normalized spacial score (nSPS) is 13.4. The molecule has 0 amide bonds. The summed E-state index contributed by atoms with van der Waals surface area (Å²) < 4.78 is 49.1. The largest absolute Gasteiger partial charge is 0.456 e. The van der Waals surface area contributed by atoms with Gasteiger partial charge in [-0.1, -0.05) is 133 Å². The quantitative estimate of drug-likeness (QED) is 0.219. The molecular formula is C38H24O. The second-order valence-electron chi connectivity index (χ2n) is 9.67. The molecule has 39 heavy (non-hydrogen) atoms. The Morgan fingerprint density at radius 3 is 1.54 bits per heavy atom. The standard InChI is InChI=1S/C38H24O/c1-3-13-25(14-4-1)27-21-11-23-33-37(27)38-32(22-12-24-34(38)39-33)36-30-19-9-7-17-28(30)35(26-15-5-2-6-16-26)29-18-8-10-20-31(29)36/h1-24H/i2D,5D,6D,15D,16D. The van der Waals surface area contributed by atoms with Crippen molar-refractivity contribution in [3.05, 3.63) is 145 Å². The zero-order valence-corrected chi connectivity index (χ0v) is 20.9. The molecular weight excluding hydrogens is 472 g/mol. The van der Waals surface area contributed by atoms with Crippen LogP contribution in [-0.4, -0.2) is 0 Å². The van der Waals surface area contributed by atoms with E-state index in [4.69, 9.17) is 11.3 Å². The van der Waals surface area contributed by atoms with Crippen LogP contribution in [0, 0.1) is 0 Å². The Labute approximate surface area is 233 Å². The fourth-order valence-corrected chi connectivity index (χ4v) is 6.00. The Bertz CT molecular complexity index is 2360. The molecule has 1 heterocycles. The second kappa shape index (κ2) is 8.72. The molecule has 0 unspecified atom stereocenters. The molecule has 182 valence electrons. The van der Waals surface area contributed by atoms with Gasteiger partial charge in [-0.05, 0) is 67.1 Å². The maximum absolute atomic E-state index is 8.84. The summed E-state index contributed by atoms with van der Waals surface area (Å²) in [6, 6.07) is 36.9. The third-order valence-corrected chi connectivity index (χ3v) is 7.56. The number of furan rings is 1. The highest BCUT2D eigenvalue weighted by Crippen LogP contribution is 2.48. The van der Waals surface area contributed by atoms with Crippen molar-refractivity contribution < 1.29 is 11.3 Å². The molecule has 0 fully saturated rings. The molecule has 8 rings (SSSR count). The lowest BCUT2D eigenvalue weighted by molar-refractivity contribution is 0.669. The van der Waals surface area contributed by atoms with Gasteiger partial charge in [0.15, 0.2) is 0 Å². The van der Waals surface area contributed by atoms with Gasteiger partial charge in [-0.3, -0.25) is 0 Å². The number of rotatable bonds is 3. The topological polar surface area (TPSA) is 13.1 Å². The van der Waals surface area contributed by atoms with Crippen LogP contribution >= 0.6 is 0 Å². The maximum Gasteiger partial charge on any atom is 0.136 e. The summed E-state index contributed by atoms with van der Waals surface area (Å²) in [4.78, 5) is 0. The average Bonchev–Trinajstić information content (AvgIpc) is 3.46. The van der Waals surface area contributed by atoms with E-state index in [9.17, 15) is 0 Å². The highest BCUT2D eigenvalue weighted by atomic mass is 16.3. The van der Waals surface area contributed by atoms with Crippen LogP contribution in [0.3, 0.4) is 0 Å². The Morgan fingerprint density at radius 2 is 0.923 bits per heavy atom. The van der Waals surface area contributed by atoms with E-state index in [2.05, 4.69) is 36.4 Å². The van der Waals surface area contributed by atoms with Crippen molar-refractivity contribution in [3.8, 4) is 33.4 Å². The van der Waals surface area contributed by atoms with Gasteiger partial charge in [-0.15, -0.1) is 0 Å². The fourth-order valence-electron chi connectivity index (χ4n) is 6.00. The lowest BCUT2D eigenvalue weighted by atomic mass is 9.84. The highest BCUT2D eigenvalue weighted by Gasteiger charge is 2.21. The SMILES string of the molecule is [2H]c1c([2H])c([2H])c(-c2c3ccccc3c(-c3cccc4oc5cccc(-c6ccccc6)c5c34)c3ccccc23)c([2H])c1[2H]. The third kappa shape index (κ3) is 3.34. The zero-order valence-electron chi connectivity index (χ0n) is 25.9. The zero-order chi connectivity index (χ0) is 30.1. The molecule has 8 aromatic rings. The fraction of sp³-hybridized carbons (Fsp3) is 0. The van der Waals surface area contributed by atoms with Crippen LogP contribution in [0.2, 0.25) is 0 Å². The Kier molecular flexibility index (Phi) is 3.89. The van der Waals surface area contributed by atoms with Gasteiger partial charge in [0.25, 0.3) is 0 Å². The summed E-state index contributed by atoms with van der Waals surface area (Å²) in [7, 11) is 0. The number of benzene rings is 7. The summed E-state index contributed by atoms with van der Waals surface area (Å²) in [6.45, 7) is 0. The predicted molar refractivity (Wildman–Crippen MR) is 165 cm³/mol. The summed E-state index contributed by atoms with van der Waals surface area (Å²) >= 11 is 0. The van der Waals surface area contributed by atoms with Crippen LogP contribution in [0.5, 0.6) is 0 Å². The van der Waals surface area contributed by atoms with E-state index in [1.807, 2.05) is 78.9 Å². The van der Waals surface area contributed by atoms with E-state index < -0.39 is 6.04 Å². The molecule has 1 aromatic heterocycles. The summed E-state index contributed by atoms with van der Waals surface area (Å²) in [6.07, 6.45) is 0. The number of fused-ring (bicyclic) bond motifs is 5. The van der Waals surface area contributed by atoms with Crippen LogP contribution in [0.4, 0.5) is 0 Å². The minimum atomic E-state index is -0.401. The van der Waals surface area contributed by atoms with Crippen LogP contribution < -0.4 is 0 Å². The molecule has 0 bridgehead atoms. The highest BCUT2D eigenvalue weighted by molar-refractivity contribution is 6.26. The lowest BCUT2D eigenvalue weighted by Gasteiger charge is -2.18. The Balaban J connectivity index is 1.56. The van der Waals surface area contributed by atoms with Gasteiger partial charge in [0.1, 0.15) is 11.2 Å². The first-order chi connectivity index (χ1) is 21.5. The van der Waals surface area contributed by atoms with Gasteiger partial charge < -0.3 is 4.42 Å². The predicted octanol–water partition coefficient (Wildman–Crippen LogP) is 10.9. The Hall–Kier alpha value is -5.14. The average molecular weight is 502 g/mol. The second-order valence-corrected chi connectivity index (χ2v) is 9.67. The first-order valence-corrected chi connectivity index (χ1v) is 13.0. The van der Waals surface area contributed by atoms with E-state index in [1.54, 1.807) is 0 Å². The molecule has 0 atom stereocenters. The number of hydrogen-bond donors (Lipinski definition) is 0. The molecule has 0 saturated heterocycles. The van der Waals surface area contributed by atoms with Crippen molar-refractivity contribution in [2.24, 2.45) is 0 Å². The summed E-state index contributed by atoms with van der Waals surface area (Å²) in [5.74, 6) is 0. The first-order valence-electron chi connectivity index (χ1n) is 15.5. The van der Waals surface area contributed by atoms with Gasteiger partial charge in [-0.25, -0.2) is 0 Å². The monoisotopic (exact) mass is 501 g/mol. The van der Waals surface area contributed by atoms with Crippen LogP contribution in [0.15, 0.2) is 150 Å². The van der Waals surface area contributed by atoms with Crippen molar-refractivity contribution in [1.82, 2.24) is 0 Å². The Morgan fingerprint density at radius 1 is 0.410 bits per heavy atom. The van der Waals surface area contributed by atoms with Crippen molar-refractivity contribution in [2.45, 2.75) is 0 Å². The minimum Gasteiger partial charge on any atom is -0.456 e. The third-order valence-electron chi connectivity index (χ3n) is 7.56. The van der Waals surface area contributed by atoms with Crippen molar-refractivity contribution in [1.29, 1.82) is 0 Å². The van der Waals surface area contributed by atoms with Gasteiger partial charge in [0.05, 0.1) is 6.85 Å². The van der Waals surface area contributed by atoms with Crippen molar-refractivity contribution in [2.75, 3.05) is 0 Å². The molecule has 0 saturated carbocycles. The van der Waals surface area contributed by atoms with Crippen LogP contribution in [0.1, 0.15) is 6.85 Å². The van der Waals surface area contributed by atoms with Gasteiger partial charge >= 0.3 is 0 Å². The molecule has 0 N–H and O–H groups in total. The molecule has 0 radical (unpaired) electrons. The van der Waals surface area contributed by atoms with Crippen LogP contribution in [-0.2, 0) is 0 Å². The summed E-state index contributed by atoms with van der Waals surface area (Å²) in [5, 5.41) is 5.51. The van der Waals surface area contributed by atoms with E-state index in [0.717, 1.165) is 65.7 Å². The van der Waals surface area contributed by atoms with Crippen molar-refractivity contribution in [3.63, 3.8) is 0 Å². The number of hydrogen-bond acceptors (Lipinski definition) is 1. The smallest absolute Gasteiger partial charge is 0.136 e. The minimum absolute atomic E-state index is 0.202. The molecule has 0 aliphatic heterocycles. The molecule has 0 aliphatic carbocycles. The van der Waals surface area contributed by atoms with Gasteiger partial charge in [0.2, 0.25) is 0 Å². The van der Waals surface area contributed by atoms with E-state index in [-0.39, 0.29) is 29.7 Å². The lowest BCUT2D eigenvalue weighted by Crippen LogP contribution is -1.91. The summed E-state index contributed by atoms with van der Waals surface area (Å²) in [5.41, 5.74) is 6.61. The molecule has 0 aliphatic rings. The van der Waals surface area contributed by atoms with Gasteiger partial charge in [-0.2, -0.15) is 0 Å². The van der Waals surface area contributed by atoms with Gasteiger partial charge in [0, 0.05) is 10.8 Å². The van der Waals surface area contributed by atoms with E-state index >= 15 is 0 Å². The van der Waals surface area contributed by atoms with Crippen molar-refractivity contribution >= 4 is 43.5 Å². The maximum atomic E-state index is 8.84. The first kappa shape index (κ1) is 17.4. The van der Waals surface area contributed by atoms with E-state index in [0.29, 0.717) is 5.56 Å². The molecule has 0 spiro atoms.